The molecule has 2 N–H and O–H groups in total. The fourth-order valence-corrected chi connectivity index (χ4v) is 1.33. The summed E-state index contributed by atoms with van der Waals surface area (Å²) in [6, 6.07) is 3.40. The Morgan fingerprint density at radius 3 is 2.47 bits per heavy atom. The summed E-state index contributed by atoms with van der Waals surface area (Å²) < 4.78 is 13.1. The van der Waals surface area contributed by atoms with Gasteiger partial charge >= 0.3 is 12.0 Å². The molecule has 0 aliphatic rings. The molecular formula is C13H17FN2O3. The fourth-order valence-electron chi connectivity index (χ4n) is 1.33. The molecule has 5 nitrogen and oxygen atoms in total. The number of carbonyl (C=O) groups is 2. The molecule has 1 rings (SSSR count). The standard InChI is InChI=1S/C13H17FN2O3/c1-8-5-6-9(14)7-10(8)15-12(19)16(4)13(2,3)11(17)18/h5-7H,1-4H3,(H,15,19)(H,17,18). The van der Waals surface area contributed by atoms with Crippen LogP contribution >= 0.6 is 0 Å². The van der Waals surface area contributed by atoms with E-state index in [1.807, 2.05) is 0 Å². The first-order chi connectivity index (χ1) is 8.66. The predicted molar refractivity (Wildman–Crippen MR) is 69.6 cm³/mol. The number of amides is 2. The minimum Gasteiger partial charge on any atom is -0.480 e. The van der Waals surface area contributed by atoms with Crippen molar-refractivity contribution in [1.29, 1.82) is 0 Å². The van der Waals surface area contributed by atoms with Gasteiger partial charge in [-0.05, 0) is 38.5 Å². The minimum absolute atomic E-state index is 0.318. The molecule has 104 valence electrons. The molecule has 0 bridgehead atoms. The number of hydrogen-bond acceptors (Lipinski definition) is 2. The van der Waals surface area contributed by atoms with Gasteiger partial charge in [0, 0.05) is 12.7 Å². The summed E-state index contributed by atoms with van der Waals surface area (Å²) in [5.74, 6) is -1.60. The van der Waals surface area contributed by atoms with Crippen molar-refractivity contribution in [3.05, 3.63) is 29.6 Å². The maximum atomic E-state index is 13.1. The van der Waals surface area contributed by atoms with Crippen LogP contribution in [0.5, 0.6) is 0 Å². The largest absolute Gasteiger partial charge is 0.480 e. The van der Waals surface area contributed by atoms with E-state index in [9.17, 15) is 14.0 Å². The molecule has 0 aliphatic carbocycles. The first-order valence-corrected chi connectivity index (χ1v) is 5.70. The molecule has 1 aromatic carbocycles. The quantitative estimate of drug-likeness (QED) is 0.884. The molecule has 0 spiro atoms. The molecule has 19 heavy (non-hydrogen) atoms. The third-order valence-corrected chi connectivity index (χ3v) is 3.11. The zero-order valence-electron chi connectivity index (χ0n) is 11.3. The van der Waals surface area contributed by atoms with Crippen molar-refractivity contribution in [3.63, 3.8) is 0 Å². The molecule has 0 aromatic heterocycles. The van der Waals surface area contributed by atoms with Crippen LogP contribution < -0.4 is 5.32 Å². The van der Waals surface area contributed by atoms with Gasteiger partial charge in [0.1, 0.15) is 11.4 Å². The van der Waals surface area contributed by atoms with Gasteiger partial charge in [-0.1, -0.05) is 6.07 Å². The predicted octanol–water partition coefficient (Wildman–Crippen LogP) is 2.46. The van der Waals surface area contributed by atoms with Gasteiger partial charge in [0.2, 0.25) is 0 Å². The number of urea groups is 1. The van der Waals surface area contributed by atoms with E-state index in [2.05, 4.69) is 5.32 Å². The number of benzene rings is 1. The Hall–Kier alpha value is -2.11. The molecule has 2 amide bonds. The van der Waals surface area contributed by atoms with Crippen LogP contribution in [0.15, 0.2) is 18.2 Å². The Balaban J connectivity index is 2.91. The normalized spacial score (nSPS) is 11.0. The Morgan fingerprint density at radius 2 is 1.95 bits per heavy atom. The van der Waals surface area contributed by atoms with E-state index in [1.165, 1.54) is 39.1 Å². The molecule has 1 aromatic rings. The van der Waals surface area contributed by atoms with Gasteiger partial charge < -0.3 is 15.3 Å². The van der Waals surface area contributed by atoms with Crippen LogP contribution in [0, 0.1) is 12.7 Å². The van der Waals surface area contributed by atoms with Crippen LogP contribution in [0.25, 0.3) is 0 Å². The van der Waals surface area contributed by atoms with Crippen molar-refractivity contribution >= 4 is 17.7 Å². The Bertz CT molecular complexity index is 515. The van der Waals surface area contributed by atoms with E-state index in [1.54, 1.807) is 6.92 Å². The lowest BCUT2D eigenvalue weighted by molar-refractivity contribution is -0.146. The number of aryl methyl sites for hydroxylation is 1. The molecule has 0 atom stereocenters. The monoisotopic (exact) mass is 268 g/mol. The fraction of sp³-hybridized carbons (Fsp3) is 0.385. The lowest BCUT2D eigenvalue weighted by Crippen LogP contribution is -2.52. The molecule has 0 saturated carbocycles. The Labute approximate surface area is 111 Å². The van der Waals surface area contributed by atoms with Crippen LogP contribution in [-0.2, 0) is 4.79 Å². The van der Waals surface area contributed by atoms with E-state index < -0.39 is 23.4 Å². The smallest absolute Gasteiger partial charge is 0.329 e. The van der Waals surface area contributed by atoms with Gasteiger partial charge in [-0.2, -0.15) is 0 Å². The first kappa shape index (κ1) is 14.9. The number of rotatable bonds is 3. The molecular weight excluding hydrogens is 251 g/mol. The van der Waals surface area contributed by atoms with E-state index in [4.69, 9.17) is 5.11 Å². The molecule has 0 aliphatic heterocycles. The number of aliphatic carboxylic acids is 1. The van der Waals surface area contributed by atoms with E-state index >= 15 is 0 Å². The highest BCUT2D eigenvalue weighted by Gasteiger charge is 2.35. The number of anilines is 1. The topological polar surface area (TPSA) is 69.6 Å². The van der Waals surface area contributed by atoms with E-state index in [-0.39, 0.29) is 0 Å². The molecule has 0 unspecified atom stereocenters. The van der Waals surface area contributed by atoms with Crippen molar-refractivity contribution in [2.75, 3.05) is 12.4 Å². The van der Waals surface area contributed by atoms with Crippen molar-refractivity contribution < 1.29 is 19.1 Å². The Morgan fingerprint density at radius 1 is 1.37 bits per heavy atom. The van der Waals surface area contributed by atoms with Gasteiger partial charge in [0.15, 0.2) is 0 Å². The average Bonchev–Trinajstić information content (AvgIpc) is 2.32. The summed E-state index contributed by atoms with van der Waals surface area (Å²) in [5, 5.41) is 11.5. The molecule has 0 saturated heterocycles. The van der Waals surface area contributed by atoms with Crippen LogP contribution in [0.1, 0.15) is 19.4 Å². The highest BCUT2D eigenvalue weighted by molar-refractivity contribution is 5.94. The molecule has 0 fully saturated rings. The lowest BCUT2D eigenvalue weighted by atomic mass is 10.0. The highest BCUT2D eigenvalue weighted by atomic mass is 19.1. The summed E-state index contributed by atoms with van der Waals surface area (Å²) in [6.07, 6.45) is 0. The van der Waals surface area contributed by atoms with Crippen molar-refractivity contribution in [1.82, 2.24) is 4.90 Å². The SMILES string of the molecule is Cc1ccc(F)cc1NC(=O)N(C)C(C)(C)C(=O)O. The van der Waals surface area contributed by atoms with Crippen LogP contribution in [-0.4, -0.2) is 34.6 Å². The number of nitrogens with one attached hydrogen (secondary N) is 1. The summed E-state index contributed by atoms with van der Waals surface area (Å²) in [7, 11) is 1.37. The number of carboxylic acids is 1. The van der Waals surface area contributed by atoms with Gasteiger partial charge in [-0.25, -0.2) is 14.0 Å². The summed E-state index contributed by atoms with van der Waals surface area (Å²) in [6.45, 7) is 4.54. The minimum atomic E-state index is -1.36. The Kier molecular flexibility index (Phi) is 4.14. The third kappa shape index (κ3) is 3.21. The zero-order chi connectivity index (χ0) is 14.8. The zero-order valence-corrected chi connectivity index (χ0v) is 11.3. The molecule has 0 heterocycles. The second kappa shape index (κ2) is 5.26. The van der Waals surface area contributed by atoms with Crippen molar-refractivity contribution in [2.45, 2.75) is 26.3 Å². The van der Waals surface area contributed by atoms with Crippen LogP contribution in [0.4, 0.5) is 14.9 Å². The third-order valence-electron chi connectivity index (χ3n) is 3.11. The first-order valence-electron chi connectivity index (χ1n) is 5.70. The maximum Gasteiger partial charge on any atom is 0.329 e. The van der Waals surface area contributed by atoms with E-state index in [0.29, 0.717) is 11.3 Å². The number of nitrogens with zero attached hydrogens (tertiary/aromatic N) is 1. The summed E-state index contributed by atoms with van der Waals surface area (Å²) >= 11 is 0. The van der Waals surface area contributed by atoms with Gasteiger partial charge in [-0.15, -0.1) is 0 Å². The number of likely N-dealkylation sites (N-methyl/N-ethyl adjacent to an activating group) is 1. The molecule has 6 heteroatoms. The number of hydrogen-bond donors (Lipinski definition) is 2. The van der Waals surface area contributed by atoms with Gasteiger partial charge in [0.05, 0.1) is 0 Å². The summed E-state index contributed by atoms with van der Waals surface area (Å²) in [5.41, 5.74) is -0.347. The van der Waals surface area contributed by atoms with Crippen molar-refractivity contribution in [3.8, 4) is 0 Å². The van der Waals surface area contributed by atoms with Crippen molar-refractivity contribution in [2.24, 2.45) is 0 Å². The second-order valence-electron chi connectivity index (χ2n) is 4.81. The second-order valence-corrected chi connectivity index (χ2v) is 4.81. The maximum absolute atomic E-state index is 13.1. The van der Waals surface area contributed by atoms with Gasteiger partial charge in [0.25, 0.3) is 0 Å². The number of carbonyl (C=O) groups excluding carboxylic acids is 1. The lowest BCUT2D eigenvalue weighted by Gasteiger charge is -2.31. The summed E-state index contributed by atoms with van der Waals surface area (Å²) in [4.78, 5) is 24.1. The van der Waals surface area contributed by atoms with E-state index in [0.717, 1.165) is 4.90 Å². The molecule has 0 radical (unpaired) electrons. The number of carboxylic acid groups (broad SMARTS) is 1. The van der Waals surface area contributed by atoms with Crippen LogP contribution in [0.3, 0.4) is 0 Å². The number of halogens is 1. The van der Waals surface area contributed by atoms with Crippen LogP contribution in [0.2, 0.25) is 0 Å². The van der Waals surface area contributed by atoms with Gasteiger partial charge in [-0.3, -0.25) is 0 Å². The highest BCUT2D eigenvalue weighted by Crippen LogP contribution is 2.19. The average molecular weight is 268 g/mol.